The van der Waals surface area contributed by atoms with E-state index in [0.717, 1.165) is 17.4 Å². The molecule has 0 aromatic carbocycles. The van der Waals surface area contributed by atoms with Gasteiger partial charge in [-0.3, -0.25) is 0 Å². The van der Waals surface area contributed by atoms with E-state index in [2.05, 4.69) is 31.9 Å². The quantitative estimate of drug-likeness (QED) is 0.865. The van der Waals surface area contributed by atoms with Crippen LogP contribution in [0.1, 0.15) is 13.8 Å². The first-order valence-corrected chi connectivity index (χ1v) is 6.40. The highest BCUT2D eigenvalue weighted by Gasteiger charge is 2.15. The Morgan fingerprint density at radius 1 is 1.47 bits per heavy atom. The van der Waals surface area contributed by atoms with Crippen molar-refractivity contribution in [2.75, 3.05) is 25.0 Å². The fraction of sp³-hybridized carbons (Fsp3) is 0.636. The van der Waals surface area contributed by atoms with Crippen LogP contribution in [-0.4, -0.2) is 20.1 Å². The summed E-state index contributed by atoms with van der Waals surface area (Å²) >= 11 is 7.52. The second-order valence-electron chi connectivity index (χ2n) is 4.20. The molecule has 0 fully saturated rings. The summed E-state index contributed by atoms with van der Waals surface area (Å²) in [5, 5.41) is 1.21. The summed E-state index contributed by atoms with van der Waals surface area (Å²) in [6.07, 6.45) is 0. The molecule has 15 heavy (non-hydrogen) atoms. The highest BCUT2D eigenvalue weighted by atomic mass is 35.5. The Labute approximate surface area is 101 Å². The van der Waals surface area contributed by atoms with Gasteiger partial charge >= 0.3 is 0 Å². The SMILES string of the molecule is CC(C)C(CN)CN(C)c1ccc(Cl)s1. The molecule has 0 spiro atoms. The Balaban J connectivity index is 2.58. The summed E-state index contributed by atoms with van der Waals surface area (Å²) in [7, 11) is 2.09. The summed E-state index contributed by atoms with van der Waals surface area (Å²) in [6, 6.07) is 3.99. The average molecular weight is 247 g/mol. The van der Waals surface area contributed by atoms with E-state index >= 15 is 0 Å². The topological polar surface area (TPSA) is 29.3 Å². The van der Waals surface area contributed by atoms with Crippen LogP contribution in [0, 0.1) is 11.8 Å². The van der Waals surface area contributed by atoms with Gasteiger partial charge in [0.2, 0.25) is 0 Å². The predicted molar refractivity (Wildman–Crippen MR) is 70.0 cm³/mol. The maximum atomic E-state index is 5.90. The van der Waals surface area contributed by atoms with Gasteiger partial charge in [0.05, 0.1) is 9.34 Å². The Hall–Kier alpha value is -0.250. The fourth-order valence-electron chi connectivity index (χ4n) is 1.51. The molecule has 0 aliphatic heterocycles. The molecule has 1 rings (SSSR count). The minimum absolute atomic E-state index is 0.538. The van der Waals surface area contributed by atoms with Gasteiger partial charge < -0.3 is 10.6 Å². The van der Waals surface area contributed by atoms with Crippen molar-refractivity contribution in [2.24, 2.45) is 17.6 Å². The van der Waals surface area contributed by atoms with Gasteiger partial charge in [-0.25, -0.2) is 0 Å². The molecule has 0 saturated heterocycles. The number of hydrogen-bond acceptors (Lipinski definition) is 3. The first kappa shape index (κ1) is 12.8. The van der Waals surface area contributed by atoms with Crippen LogP contribution in [0.2, 0.25) is 4.34 Å². The van der Waals surface area contributed by atoms with Crippen molar-refractivity contribution in [1.29, 1.82) is 0 Å². The maximum Gasteiger partial charge on any atom is 0.0950 e. The maximum absolute atomic E-state index is 5.90. The first-order valence-electron chi connectivity index (χ1n) is 5.21. The van der Waals surface area contributed by atoms with E-state index in [-0.39, 0.29) is 0 Å². The lowest BCUT2D eigenvalue weighted by molar-refractivity contribution is 0.398. The second kappa shape index (κ2) is 5.73. The number of nitrogens with two attached hydrogens (primary N) is 1. The third kappa shape index (κ3) is 3.67. The van der Waals surface area contributed by atoms with Crippen molar-refractivity contribution < 1.29 is 0 Å². The molecule has 0 aliphatic carbocycles. The average Bonchev–Trinajstić information content (AvgIpc) is 2.60. The summed E-state index contributed by atoms with van der Waals surface area (Å²) < 4.78 is 0.839. The second-order valence-corrected chi connectivity index (χ2v) is 5.89. The van der Waals surface area contributed by atoms with Gasteiger partial charge in [0.15, 0.2) is 0 Å². The third-order valence-electron chi connectivity index (χ3n) is 2.69. The number of thiophene rings is 1. The number of halogens is 1. The van der Waals surface area contributed by atoms with Crippen LogP contribution >= 0.6 is 22.9 Å². The summed E-state index contributed by atoms with van der Waals surface area (Å²) in [5.41, 5.74) is 5.76. The molecule has 1 atom stereocenters. The Bertz CT molecular complexity index is 299. The van der Waals surface area contributed by atoms with E-state index in [1.165, 1.54) is 5.00 Å². The number of nitrogens with zero attached hydrogens (tertiary/aromatic N) is 1. The summed E-state index contributed by atoms with van der Waals surface area (Å²) in [6.45, 7) is 6.16. The molecule has 1 aromatic heterocycles. The van der Waals surface area contributed by atoms with Gasteiger partial charge in [-0.15, -0.1) is 11.3 Å². The molecule has 1 heterocycles. The van der Waals surface area contributed by atoms with Crippen molar-refractivity contribution in [3.63, 3.8) is 0 Å². The van der Waals surface area contributed by atoms with Crippen LogP contribution in [-0.2, 0) is 0 Å². The lowest BCUT2D eigenvalue weighted by atomic mass is 9.96. The Kier molecular flexibility index (Phi) is 4.90. The smallest absolute Gasteiger partial charge is 0.0950 e. The zero-order valence-corrected chi connectivity index (χ0v) is 11.1. The molecular formula is C11H19ClN2S. The molecule has 0 bridgehead atoms. The van der Waals surface area contributed by atoms with E-state index < -0.39 is 0 Å². The Morgan fingerprint density at radius 2 is 2.13 bits per heavy atom. The van der Waals surface area contributed by atoms with Gasteiger partial charge in [0.25, 0.3) is 0 Å². The van der Waals surface area contributed by atoms with Crippen LogP contribution in [0.3, 0.4) is 0 Å². The minimum Gasteiger partial charge on any atom is -0.366 e. The molecule has 1 aromatic rings. The lowest BCUT2D eigenvalue weighted by Crippen LogP contribution is -2.32. The van der Waals surface area contributed by atoms with Crippen LogP contribution in [0.4, 0.5) is 5.00 Å². The van der Waals surface area contributed by atoms with Crippen LogP contribution in [0.25, 0.3) is 0 Å². The normalized spacial score (nSPS) is 13.2. The zero-order valence-electron chi connectivity index (χ0n) is 9.53. The summed E-state index contributed by atoms with van der Waals surface area (Å²) in [5.74, 6) is 1.16. The third-order valence-corrected chi connectivity index (χ3v) is 4.03. The van der Waals surface area contributed by atoms with E-state index in [9.17, 15) is 0 Å². The molecule has 2 nitrogen and oxygen atoms in total. The molecule has 1 unspecified atom stereocenters. The molecule has 86 valence electrons. The van der Waals surface area contributed by atoms with E-state index in [4.69, 9.17) is 17.3 Å². The molecule has 0 aliphatic rings. The van der Waals surface area contributed by atoms with Gasteiger partial charge in [-0.05, 0) is 30.5 Å². The first-order chi connectivity index (χ1) is 7.04. The van der Waals surface area contributed by atoms with Crippen LogP contribution in [0.15, 0.2) is 12.1 Å². The molecule has 2 N–H and O–H groups in total. The minimum atomic E-state index is 0.538. The van der Waals surface area contributed by atoms with Gasteiger partial charge in [0.1, 0.15) is 0 Å². The lowest BCUT2D eigenvalue weighted by Gasteiger charge is -2.26. The highest BCUT2D eigenvalue weighted by molar-refractivity contribution is 7.19. The zero-order chi connectivity index (χ0) is 11.4. The highest BCUT2D eigenvalue weighted by Crippen LogP contribution is 2.29. The van der Waals surface area contributed by atoms with E-state index in [1.54, 1.807) is 11.3 Å². The standard InChI is InChI=1S/C11H19ClN2S/c1-8(2)9(6-13)7-14(3)11-5-4-10(12)15-11/h4-5,8-9H,6-7,13H2,1-3H3. The van der Waals surface area contributed by atoms with E-state index in [1.807, 2.05) is 6.07 Å². The molecule has 0 amide bonds. The van der Waals surface area contributed by atoms with Crippen molar-refractivity contribution >= 4 is 27.9 Å². The fourth-order valence-corrected chi connectivity index (χ4v) is 2.51. The van der Waals surface area contributed by atoms with Gasteiger partial charge in [0, 0.05) is 13.6 Å². The van der Waals surface area contributed by atoms with Crippen LogP contribution in [0.5, 0.6) is 0 Å². The molecular weight excluding hydrogens is 228 g/mol. The van der Waals surface area contributed by atoms with Gasteiger partial charge in [-0.2, -0.15) is 0 Å². The van der Waals surface area contributed by atoms with Crippen molar-refractivity contribution in [3.8, 4) is 0 Å². The number of hydrogen-bond donors (Lipinski definition) is 1. The van der Waals surface area contributed by atoms with Crippen LogP contribution < -0.4 is 10.6 Å². The Morgan fingerprint density at radius 3 is 2.53 bits per heavy atom. The monoisotopic (exact) mass is 246 g/mol. The molecule has 4 heteroatoms. The van der Waals surface area contributed by atoms with E-state index in [0.29, 0.717) is 11.8 Å². The molecule has 0 radical (unpaired) electrons. The molecule has 0 saturated carbocycles. The largest absolute Gasteiger partial charge is 0.366 e. The number of anilines is 1. The summed E-state index contributed by atoms with van der Waals surface area (Å²) in [4.78, 5) is 2.23. The predicted octanol–water partition coefficient (Wildman–Crippen LogP) is 3.07. The van der Waals surface area contributed by atoms with Crippen molar-refractivity contribution in [3.05, 3.63) is 16.5 Å². The van der Waals surface area contributed by atoms with Gasteiger partial charge in [-0.1, -0.05) is 25.4 Å². The van der Waals surface area contributed by atoms with Crippen molar-refractivity contribution in [2.45, 2.75) is 13.8 Å². The number of rotatable bonds is 5. The van der Waals surface area contributed by atoms with Crippen molar-refractivity contribution in [1.82, 2.24) is 0 Å².